The number of nitrogens with one attached hydrogen (secondary N) is 1. The summed E-state index contributed by atoms with van der Waals surface area (Å²) in [6.07, 6.45) is 3.98. The Balaban J connectivity index is 1.70. The third-order valence-electron chi connectivity index (χ3n) is 5.34. The third-order valence-corrected chi connectivity index (χ3v) is 7.47. The summed E-state index contributed by atoms with van der Waals surface area (Å²) in [6.45, 7) is 3.80. The number of aromatic nitrogens is 1. The molecule has 1 atom stereocenters. The number of rotatable bonds is 8. The number of sulfonamides is 1. The van der Waals surface area contributed by atoms with Crippen LogP contribution in [0.15, 0.2) is 47.5 Å². The van der Waals surface area contributed by atoms with Crippen LogP contribution in [0.1, 0.15) is 17.5 Å². The zero-order chi connectivity index (χ0) is 23.1. The summed E-state index contributed by atoms with van der Waals surface area (Å²) in [4.78, 5) is 21.4. The molecule has 1 fully saturated rings. The molecule has 2 heterocycles. The summed E-state index contributed by atoms with van der Waals surface area (Å²) in [5.41, 5.74) is 1.46. The highest BCUT2D eigenvalue weighted by Gasteiger charge is 2.31. The van der Waals surface area contributed by atoms with Gasteiger partial charge in [-0.2, -0.15) is 21.7 Å². The molecule has 0 aliphatic carbocycles. The Labute approximate surface area is 193 Å². The highest BCUT2D eigenvalue weighted by Crippen LogP contribution is 2.19. The van der Waals surface area contributed by atoms with Crippen LogP contribution in [0.3, 0.4) is 0 Å². The molecule has 1 saturated heterocycles. The summed E-state index contributed by atoms with van der Waals surface area (Å²) in [6, 6.07) is 11.3. The number of hydrogen-bond donors (Lipinski definition) is 1. The van der Waals surface area contributed by atoms with E-state index in [4.69, 9.17) is 0 Å². The first kappa shape index (κ1) is 24.0. The molecule has 1 amide bonds. The van der Waals surface area contributed by atoms with E-state index in [1.807, 2.05) is 18.1 Å². The second kappa shape index (κ2) is 10.8. The van der Waals surface area contributed by atoms with Crippen molar-refractivity contribution in [1.82, 2.24) is 14.6 Å². The molecule has 1 aliphatic rings. The monoisotopic (exact) mass is 473 g/mol. The molecular weight excluding hydrogens is 446 g/mol. The Morgan fingerprint density at radius 1 is 1.22 bits per heavy atom. The average Bonchev–Trinajstić information content (AvgIpc) is 2.81. The Morgan fingerprint density at radius 3 is 2.53 bits per heavy atom. The lowest BCUT2D eigenvalue weighted by Gasteiger charge is -2.37. The predicted octanol–water partition coefficient (Wildman–Crippen LogP) is 2.01. The minimum Gasteiger partial charge on any atom is -0.352 e. The van der Waals surface area contributed by atoms with Gasteiger partial charge in [0.1, 0.15) is 17.9 Å². The fraction of sp³-hybridized carbons (Fsp3) is 0.409. The van der Waals surface area contributed by atoms with Crippen LogP contribution < -0.4 is 9.62 Å². The van der Waals surface area contributed by atoms with Gasteiger partial charge in [-0.05, 0) is 49.6 Å². The maximum Gasteiger partial charge on any atom is 0.241 e. The van der Waals surface area contributed by atoms with Gasteiger partial charge in [0.05, 0.1) is 10.5 Å². The van der Waals surface area contributed by atoms with Crippen molar-refractivity contribution in [1.29, 1.82) is 5.26 Å². The van der Waals surface area contributed by atoms with E-state index < -0.39 is 16.1 Å². The molecule has 1 unspecified atom stereocenters. The molecule has 0 bridgehead atoms. The standard InChI is InChI=1S/C22H27N5O3S2/c1-17-5-7-19(8-6-17)32(29,30)25-20(9-15-31-2)22(28)27-13-11-26(12-14-27)21-18(16-23)4-3-10-24-21/h3-8,10,20,25H,9,11-15H2,1-2H3. The van der Waals surface area contributed by atoms with Gasteiger partial charge in [-0.15, -0.1) is 0 Å². The van der Waals surface area contributed by atoms with E-state index in [0.717, 1.165) is 5.56 Å². The summed E-state index contributed by atoms with van der Waals surface area (Å²) in [5.74, 6) is 1.05. The van der Waals surface area contributed by atoms with E-state index >= 15 is 0 Å². The Morgan fingerprint density at radius 2 is 1.91 bits per heavy atom. The second-order valence-electron chi connectivity index (χ2n) is 7.57. The van der Waals surface area contributed by atoms with Gasteiger partial charge in [-0.3, -0.25) is 4.79 Å². The number of pyridine rings is 1. The molecule has 170 valence electrons. The van der Waals surface area contributed by atoms with Crippen LogP contribution >= 0.6 is 11.8 Å². The third kappa shape index (κ3) is 5.79. The molecule has 1 aromatic heterocycles. The quantitative estimate of drug-likeness (QED) is 0.625. The van der Waals surface area contributed by atoms with Crippen molar-refractivity contribution in [3.05, 3.63) is 53.7 Å². The Bertz CT molecular complexity index is 1080. The normalized spacial score (nSPS) is 15.3. The molecule has 10 heteroatoms. The fourth-order valence-corrected chi connectivity index (χ4v) is 5.23. The number of benzene rings is 1. The molecule has 0 saturated carbocycles. The van der Waals surface area contributed by atoms with Crippen molar-refractivity contribution < 1.29 is 13.2 Å². The van der Waals surface area contributed by atoms with Crippen LogP contribution in [0.25, 0.3) is 0 Å². The van der Waals surface area contributed by atoms with E-state index in [1.54, 1.807) is 59.3 Å². The van der Waals surface area contributed by atoms with Crippen LogP contribution in [-0.4, -0.2) is 68.4 Å². The highest BCUT2D eigenvalue weighted by atomic mass is 32.2. The summed E-state index contributed by atoms with van der Waals surface area (Å²) >= 11 is 1.57. The van der Waals surface area contributed by atoms with Gasteiger partial charge in [0.15, 0.2) is 0 Å². The van der Waals surface area contributed by atoms with Crippen molar-refractivity contribution in [2.75, 3.05) is 43.1 Å². The zero-order valence-electron chi connectivity index (χ0n) is 18.2. The number of amides is 1. The molecule has 0 spiro atoms. The van der Waals surface area contributed by atoms with Gasteiger partial charge in [0.2, 0.25) is 15.9 Å². The molecule has 1 aromatic carbocycles. The maximum atomic E-state index is 13.2. The zero-order valence-corrected chi connectivity index (χ0v) is 19.8. The van der Waals surface area contributed by atoms with Crippen molar-refractivity contribution in [3.8, 4) is 6.07 Å². The van der Waals surface area contributed by atoms with Gasteiger partial charge in [0, 0.05) is 32.4 Å². The minimum atomic E-state index is -3.82. The van der Waals surface area contributed by atoms with Crippen molar-refractivity contribution >= 4 is 33.5 Å². The van der Waals surface area contributed by atoms with Crippen molar-refractivity contribution in [2.45, 2.75) is 24.3 Å². The van der Waals surface area contributed by atoms with E-state index in [2.05, 4.69) is 15.8 Å². The number of carbonyl (C=O) groups excluding carboxylic acids is 1. The lowest BCUT2D eigenvalue weighted by atomic mass is 10.2. The van der Waals surface area contributed by atoms with Crippen LogP contribution in [0, 0.1) is 18.3 Å². The van der Waals surface area contributed by atoms with Gasteiger partial charge >= 0.3 is 0 Å². The summed E-state index contributed by atoms with van der Waals surface area (Å²) < 4.78 is 28.4. The molecule has 2 aromatic rings. The molecular formula is C22H27N5O3S2. The van der Waals surface area contributed by atoms with Gasteiger partial charge < -0.3 is 9.80 Å². The second-order valence-corrected chi connectivity index (χ2v) is 10.3. The molecule has 8 nitrogen and oxygen atoms in total. The van der Waals surface area contributed by atoms with E-state index in [9.17, 15) is 18.5 Å². The van der Waals surface area contributed by atoms with Gasteiger partial charge in [-0.1, -0.05) is 17.7 Å². The van der Waals surface area contributed by atoms with Gasteiger partial charge in [-0.25, -0.2) is 13.4 Å². The molecule has 1 aliphatic heterocycles. The van der Waals surface area contributed by atoms with E-state index in [1.165, 1.54) is 0 Å². The number of aryl methyl sites for hydroxylation is 1. The predicted molar refractivity (Wildman–Crippen MR) is 126 cm³/mol. The number of carbonyl (C=O) groups is 1. The number of thioether (sulfide) groups is 1. The number of hydrogen-bond acceptors (Lipinski definition) is 7. The first-order chi connectivity index (χ1) is 15.4. The largest absolute Gasteiger partial charge is 0.352 e. The first-order valence-corrected chi connectivity index (χ1v) is 13.2. The van der Waals surface area contributed by atoms with Crippen LogP contribution in [0.4, 0.5) is 5.82 Å². The molecule has 32 heavy (non-hydrogen) atoms. The maximum absolute atomic E-state index is 13.2. The molecule has 3 rings (SSSR count). The van der Waals surface area contributed by atoms with E-state index in [-0.39, 0.29) is 10.8 Å². The SMILES string of the molecule is CSCCC(NS(=O)(=O)c1ccc(C)cc1)C(=O)N1CCN(c2ncccc2C#N)CC1. The number of nitrogens with zero attached hydrogens (tertiary/aromatic N) is 4. The van der Waals surface area contributed by atoms with Crippen molar-refractivity contribution in [3.63, 3.8) is 0 Å². The Kier molecular flexibility index (Phi) is 8.12. The minimum absolute atomic E-state index is 0.147. The van der Waals surface area contributed by atoms with Crippen LogP contribution in [-0.2, 0) is 14.8 Å². The lowest BCUT2D eigenvalue weighted by molar-refractivity contribution is -0.133. The average molecular weight is 474 g/mol. The highest BCUT2D eigenvalue weighted by molar-refractivity contribution is 7.98. The van der Waals surface area contributed by atoms with Gasteiger partial charge in [0.25, 0.3) is 0 Å². The first-order valence-electron chi connectivity index (χ1n) is 10.3. The van der Waals surface area contributed by atoms with E-state index in [0.29, 0.717) is 49.7 Å². The number of nitriles is 1. The topological polar surface area (TPSA) is 106 Å². The van der Waals surface area contributed by atoms with Crippen LogP contribution in [0.5, 0.6) is 0 Å². The summed E-state index contributed by atoms with van der Waals surface area (Å²) in [7, 11) is -3.82. The molecule has 1 N–H and O–H groups in total. The Hall–Kier alpha value is -2.61. The lowest BCUT2D eigenvalue weighted by Crippen LogP contribution is -2.55. The summed E-state index contributed by atoms with van der Waals surface area (Å²) in [5, 5.41) is 9.31. The smallest absolute Gasteiger partial charge is 0.241 e. The van der Waals surface area contributed by atoms with Crippen molar-refractivity contribution in [2.24, 2.45) is 0 Å². The fourth-order valence-electron chi connectivity index (χ4n) is 3.54. The molecule has 0 radical (unpaired) electrons. The number of piperazine rings is 1. The van der Waals surface area contributed by atoms with Crippen LogP contribution in [0.2, 0.25) is 0 Å². The number of anilines is 1.